The number of fused-ring (bicyclic) bond motifs is 1. The smallest absolute Gasteiger partial charge is 0.273 e. The van der Waals surface area contributed by atoms with Gasteiger partial charge in [-0.05, 0) is 66.6 Å². The van der Waals surface area contributed by atoms with Crippen molar-refractivity contribution in [1.82, 2.24) is 0 Å². The molecule has 166 valence electrons. The van der Waals surface area contributed by atoms with E-state index in [9.17, 15) is 17.2 Å². The normalized spacial score (nSPS) is 23.0. The van der Waals surface area contributed by atoms with Crippen molar-refractivity contribution in [2.24, 2.45) is 5.92 Å². The lowest BCUT2D eigenvalue weighted by atomic mass is 9.73. The van der Waals surface area contributed by atoms with Crippen molar-refractivity contribution in [1.29, 1.82) is 0 Å². The van der Waals surface area contributed by atoms with Crippen LogP contribution in [0.3, 0.4) is 0 Å². The largest absolute Gasteiger partial charge is 0.455 e. The molecule has 1 aliphatic carbocycles. The van der Waals surface area contributed by atoms with Gasteiger partial charge in [0.15, 0.2) is 9.84 Å². The molecule has 0 aromatic heterocycles. The van der Waals surface area contributed by atoms with Crippen LogP contribution in [0.4, 0.5) is 14.5 Å². The predicted molar refractivity (Wildman–Crippen MR) is 118 cm³/mol. The summed E-state index contributed by atoms with van der Waals surface area (Å²) in [5.74, 6) is -1.37. The predicted octanol–water partition coefficient (Wildman–Crippen LogP) is 6.15. The molecule has 0 saturated heterocycles. The Bertz CT molecular complexity index is 1090. The van der Waals surface area contributed by atoms with E-state index in [0.717, 1.165) is 30.4 Å². The molecular weight excluding hydrogens is 420 g/mol. The van der Waals surface area contributed by atoms with Crippen molar-refractivity contribution in [2.75, 3.05) is 11.5 Å². The highest BCUT2D eigenvalue weighted by Gasteiger charge is 2.34. The number of hydrogen-bond donors (Lipinski definition) is 1. The van der Waals surface area contributed by atoms with E-state index in [1.54, 1.807) is 0 Å². The lowest BCUT2D eigenvalue weighted by Gasteiger charge is -2.35. The van der Waals surface area contributed by atoms with Crippen LogP contribution in [0.25, 0.3) is 0 Å². The number of anilines is 1. The summed E-state index contributed by atoms with van der Waals surface area (Å²) in [5.41, 5.74) is 8.06. The molecule has 2 aromatic rings. The number of halogens is 2. The van der Waals surface area contributed by atoms with Gasteiger partial charge in [0.1, 0.15) is 11.5 Å². The van der Waals surface area contributed by atoms with E-state index in [-0.39, 0.29) is 29.3 Å². The summed E-state index contributed by atoms with van der Waals surface area (Å²) in [6, 6.07) is 11.6. The van der Waals surface area contributed by atoms with E-state index in [4.69, 9.17) is 10.5 Å². The molecule has 4 nitrogen and oxygen atoms in total. The van der Waals surface area contributed by atoms with E-state index >= 15 is 0 Å². The van der Waals surface area contributed by atoms with Crippen LogP contribution in [0.1, 0.15) is 56.1 Å². The number of rotatable bonds is 5. The second-order valence-corrected chi connectivity index (χ2v) is 10.4. The van der Waals surface area contributed by atoms with E-state index in [2.05, 4.69) is 0 Å². The molecule has 2 aromatic carbocycles. The third-order valence-corrected chi connectivity index (χ3v) is 7.81. The van der Waals surface area contributed by atoms with E-state index in [0.29, 0.717) is 23.8 Å². The summed E-state index contributed by atoms with van der Waals surface area (Å²) >= 11 is 0. The second-order valence-electron chi connectivity index (χ2n) is 8.44. The molecular formula is C24H27F2NO3S. The van der Waals surface area contributed by atoms with Gasteiger partial charge in [-0.15, -0.1) is 0 Å². The van der Waals surface area contributed by atoms with Crippen LogP contribution in [-0.4, -0.2) is 14.2 Å². The Balaban J connectivity index is 1.53. The van der Waals surface area contributed by atoms with Gasteiger partial charge in [-0.1, -0.05) is 25.5 Å². The number of allylic oxidation sites excluding steroid dienone is 1. The van der Waals surface area contributed by atoms with Crippen LogP contribution in [0.5, 0.6) is 11.5 Å². The molecule has 1 saturated carbocycles. The number of nitrogens with two attached hydrogens (primary N) is 1. The lowest BCUT2D eigenvalue weighted by molar-refractivity contribution is -0.00825. The van der Waals surface area contributed by atoms with E-state index < -0.39 is 15.8 Å². The third kappa shape index (κ3) is 4.61. The molecule has 4 rings (SSSR count). The maximum absolute atomic E-state index is 13.9. The minimum Gasteiger partial charge on any atom is -0.455 e. The SMILES string of the molecule is CCC(F)(F)c1ccc(Oc2ccc(C3CCCC4CCS(=O)(=O)C=C43)cc2)c(N)c1. The van der Waals surface area contributed by atoms with Gasteiger partial charge in [0, 0.05) is 23.3 Å². The highest BCUT2D eigenvalue weighted by molar-refractivity contribution is 7.94. The Morgan fingerprint density at radius 2 is 1.84 bits per heavy atom. The maximum Gasteiger partial charge on any atom is 0.273 e. The molecule has 2 N–H and O–H groups in total. The van der Waals surface area contributed by atoms with Crippen LogP contribution in [0.2, 0.25) is 0 Å². The zero-order valence-electron chi connectivity index (χ0n) is 17.5. The lowest BCUT2D eigenvalue weighted by Crippen LogP contribution is -2.25. The van der Waals surface area contributed by atoms with Crippen molar-refractivity contribution in [3.05, 3.63) is 64.6 Å². The van der Waals surface area contributed by atoms with E-state index in [1.807, 2.05) is 24.3 Å². The quantitative estimate of drug-likeness (QED) is 0.558. The zero-order valence-corrected chi connectivity index (χ0v) is 18.3. The standard InChI is InChI=1S/C24H27F2NO3S/c1-2-24(25,26)18-8-11-23(22(27)14-18)30-19-9-6-17(7-10-19)20-5-3-4-16-12-13-31(28,29)15-21(16)20/h6-11,14-16,20H,2-5,12-13,27H2,1H3. The van der Waals surface area contributed by atoms with E-state index in [1.165, 1.54) is 30.5 Å². The average Bonchev–Trinajstić information content (AvgIpc) is 2.74. The van der Waals surface area contributed by atoms with Crippen molar-refractivity contribution < 1.29 is 21.9 Å². The highest BCUT2D eigenvalue weighted by atomic mass is 32.2. The van der Waals surface area contributed by atoms with Gasteiger partial charge in [-0.2, -0.15) is 0 Å². The van der Waals surface area contributed by atoms with Gasteiger partial charge < -0.3 is 10.5 Å². The number of alkyl halides is 2. The molecule has 2 unspecified atom stereocenters. The van der Waals surface area contributed by atoms with Crippen molar-refractivity contribution >= 4 is 15.5 Å². The summed E-state index contributed by atoms with van der Waals surface area (Å²) in [4.78, 5) is 0. The molecule has 0 amide bonds. The summed E-state index contributed by atoms with van der Waals surface area (Å²) in [5, 5.41) is 1.50. The fourth-order valence-corrected chi connectivity index (χ4v) is 6.08. The Hall–Kier alpha value is -2.41. The maximum atomic E-state index is 13.9. The van der Waals surface area contributed by atoms with Gasteiger partial charge in [0.05, 0.1) is 11.4 Å². The molecule has 0 spiro atoms. The molecule has 1 heterocycles. The Labute approximate surface area is 182 Å². The molecule has 2 aliphatic rings. The van der Waals surface area contributed by atoms with Gasteiger partial charge >= 0.3 is 0 Å². The number of nitrogen functional groups attached to an aromatic ring is 1. The summed E-state index contributed by atoms with van der Waals surface area (Å²) in [6.07, 6.45) is 3.46. The Kier molecular flexibility index (Phi) is 5.81. The first kappa shape index (κ1) is 21.8. The molecule has 1 fully saturated rings. The van der Waals surface area contributed by atoms with Gasteiger partial charge in [0.25, 0.3) is 5.92 Å². The Morgan fingerprint density at radius 1 is 1.10 bits per heavy atom. The molecule has 0 radical (unpaired) electrons. The average molecular weight is 448 g/mol. The van der Waals surface area contributed by atoms with Crippen molar-refractivity contribution in [3.8, 4) is 11.5 Å². The fraction of sp³-hybridized carbons (Fsp3) is 0.417. The number of sulfone groups is 1. The van der Waals surface area contributed by atoms with Gasteiger partial charge in [-0.3, -0.25) is 0 Å². The van der Waals surface area contributed by atoms with Crippen LogP contribution in [0.15, 0.2) is 53.4 Å². The molecule has 2 atom stereocenters. The summed E-state index contributed by atoms with van der Waals surface area (Å²) in [7, 11) is -3.12. The minimum absolute atomic E-state index is 0.100. The minimum atomic E-state index is -3.12. The number of ether oxygens (including phenoxy) is 1. The topological polar surface area (TPSA) is 69.4 Å². The first-order valence-corrected chi connectivity index (χ1v) is 12.4. The molecule has 7 heteroatoms. The monoisotopic (exact) mass is 447 g/mol. The highest BCUT2D eigenvalue weighted by Crippen LogP contribution is 2.45. The number of hydrogen-bond acceptors (Lipinski definition) is 4. The molecule has 0 bridgehead atoms. The fourth-order valence-electron chi connectivity index (χ4n) is 4.58. The first-order valence-electron chi connectivity index (χ1n) is 10.7. The second kappa shape index (κ2) is 8.26. The van der Waals surface area contributed by atoms with Gasteiger partial charge in [0.2, 0.25) is 0 Å². The first-order chi connectivity index (χ1) is 14.7. The molecule has 31 heavy (non-hydrogen) atoms. The van der Waals surface area contributed by atoms with Crippen molar-refractivity contribution in [3.63, 3.8) is 0 Å². The van der Waals surface area contributed by atoms with Crippen LogP contribution >= 0.6 is 0 Å². The van der Waals surface area contributed by atoms with Crippen molar-refractivity contribution in [2.45, 2.75) is 50.9 Å². The molecule has 1 aliphatic heterocycles. The van der Waals surface area contributed by atoms with Crippen LogP contribution < -0.4 is 10.5 Å². The number of benzene rings is 2. The van der Waals surface area contributed by atoms with Crippen LogP contribution in [-0.2, 0) is 15.8 Å². The van der Waals surface area contributed by atoms with Gasteiger partial charge in [-0.25, -0.2) is 17.2 Å². The third-order valence-electron chi connectivity index (χ3n) is 6.37. The summed E-state index contributed by atoms with van der Waals surface area (Å²) < 4.78 is 57.8. The zero-order chi connectivity index (χ0) is 22.2. The van der Waals surface area contributed by atoms with Crippen LogP contribution in [0, 0.1) is 5.92 Å². The summed E-state index contributed by atoms with van der Waals surface area (Å²) in [6.45, 7) is 1.43. The Morgan fingerprint density at radius 3 is 2.52 bits per heavy atom.